The van der Waals surface area contributed by atoms with E-state index in [1.165, 1.54) is 5.56 Å². The first-order chi connectivity index (χ1) is 8.14. The molecule has 1 N–H and O–H groups in total. The topological polar surface area (TPSA) is 12.0 Å². The van der Waals surface area contributed by atoms with Crippen LogP contribution < -0.4 is 5.32 Å². The van der Waals surface area contributed by atoms with Crippen LogP contribution in [0.5, 0.6) is 0 Å². The van der Waals surface area contributed by atoms with Gasteiger partial charge in [-0.15, -0.1) is 0 Å². The summed E-state index contributed by atoms with van der Waals surface area (Å²) in [6.07, 6.45) is 6.70. The zero-order chi connectivity index (χ0) is 12.3. The smallest absolute Gasteiger partial charge is 0.0444 e. The van der Waals surface area contributed by atoms with Crippen molar-refractivity contribution in [3.05, 3.63) is 47.0 Å². The quantitative estimate of drug-likeness (QED) is 0.798. The number of hydrogen-bond acceptors (Lipinski definition) is 1. The van der Waals surface area contributed by atoms with Crippen LogP contribution >= 0.6 is 11.6 Å². The van der Waals surface area contributed by atoms with Gasteiger partial charge in [0, 0.05) is 23.0 Å². The van der Waals surface area contributed by atoms with E-state index >= 15 is 0 Å². The number of nitrogens with one attached hydrogen (secondary N) is 1. The lowest BCUT2D eigenvalue weighted by molar-refractivity contribution is 0.399. The Bertz CT molecular complexity index is 401. The van der Waals surface area contributed by atoms with Crippen molar-refractivity contribution in [1.82, 2.24) is 5.32 Å². The van der Waals surface area contributed by atoms with Crippen LogP contribution in [0.15, 0.2) is 36.4 Å². The van der Waals surface area contributed by atoms with Crippen LogP contribution in [0.25, 0.3) is 0 Å². The van der Waals surface area contributed by atoms with Crippen LogP contribution in [0.4, 0.5) is 0 Å². The van der Waals surface area contributed by atoms with Crippen molar-refractivity contribution in [2.75, 3.05) is 6.54 Å². The predicted molar refractivity (Wildman–Crippen MR) is 74.6 cm³/mol. The van der Waals surface area contributed by atoms with Crippen molar-refractivity contribution in [3.8, 4) is 0 Å². The van der Waals surface area contributed by atoms with Crippen LogP contribution in [0.3, 0.4) is 0 Å². The van der Waals surface area contributed by atoms with Crippen molar-refractivity contribution in [1.29, 1.82) is 0 Å². The molecule has 0 fully saturated rings. The van der Waals surface area contributed by atoms with Crippen molar-refractivity contribution >= 4 is 11.6 Å². The Morgan fingerprint density at radius 2 is 1.88 bits per heavy atom. The van der Waals surface area contributed by atoms with Crippen molar-refractivity contribution in [2.45, 2.75) is 38.1 Å². The Kier molecular flexibility index (Phi) is 3.90. The Hall–Kier alpha value is -0.790. The second-order valence-electron chi connectivity index (χ2n) is 5.18. The molecule has 0 radical (unpaired) electrons. The summed E-state index contributed by atoms with van der Waals surface area (Å²) in [5, 5.41) is 4.45. The summed E-state index contributed by atoms with van der Waals surface area (Å²) in [7, 11) is 0. The lowest BCUT2D eigenvalue weighted by Gasteiger charge is -2.32. The van der Waals surface area contributed by atoms with Crippen LogP contribution in [0.2, 0.25) is 5.02 Å². The molecular formula is C15H20ClN. The lowest BCUT2D eigenvalue weighted by Crippen LogP contribution is -2.39. The third kappa shape index (κ3) is 2.72. The Morgan fingerprint density at radius 3 is 2.47 bits per heavy atom. The van der Waals surface area contributed by atoms with E-state index in [0.717, 1.165) is 24.4 Å². The lowest BCUT2D eigenvalue weighted by atomic mass is 9.78. The van der Waals surface area contributed by atoms with Gasteiger partial charge in [-0.3, -0.25) is 0 Å². The van der Waals surface area contributed by atoms with Gasteiger partial charge in [0.2, 0.25) is 0 Å². The number of rotatable bonds is 4. The molecule has 0 spiro atoms. The first-order valence-electron chi connectivity index (χ1n) is 6.27. The van der Waals surface area contributed by atoms with E-state index in [1.807, 2.05) is 12.1 Å². The molecule has 0 unspecified atom stereocenters. The summed E-state index contributed by atoms with van der Waals surface area (Å²) in [5.74, 6) is 0. The summed E-state index contributed by atoms with van der Waals surface area (Å²) in [5.41, 5.74) is 1.43. The molecule has 0 saturated heterocycles. The van der Waals surface area contributed by atoms with Gasteiger partial charge in [-0.2, -0.15) is 0 Å². The van der Waals surface area contributed by atoms with Gasteiger partial charge in [0.05, 0.1) is 0 Å². The molecule has 0 bridgehead atoms. The third-order valence-electron chi connectivity index (χ3n) is 3.48. The highest BCUT2D eigenvalue weighted by Gasteiger charge is 2.34. The largest absolute Gasteiger partial charge is 0.314 e. The molecule has 0 aromatic heterocycles. The van der Waals surface area contributed by atoms with Crippen LogP contribution in [-0.4, -0.2) is 12.6 Å². The molecule has 0 amide bonds. The standard InChI is InChI=1S/C15H20ClN/c1-12(2)17-11-15(9-5-6-10-15)13-7-3-4-8-14(13)16/h3-8,12,17H,9-11H2,1-2H3. The van der Waals surface area contributed by atoms with Gasteiger partial charge in [-0.05, 0) is 24.5 Å². The monoisotopic (exact) mass is 249 g/mol. The van der Waals surface area contributed by atoms with Gasteiger partial charge in [0.15, 0.2) is 0 Å². The molecule has 0 atom stereocenters. The Balaban J connectivity index is 2.25. The average molecular weight is 250 g/mol. The molecule has 1 aliphatic rings. The molecule has 1 aromatic carbocycles. The van der Waals surface area contributed by atoms with Crippen LogP contribution in [-0.2, 0) is 5.41 Å². The maximum Gasteiger partial charge on any atom is 0.0444 e. The minimum Gasteiger partial charge on any atom is -0.314 e. The first kappa shape index (κ1) is 12.7. The fourth-order valence-electron chi connectivity index (χ4n) is 2.45. The van der Waals surface area contributed by atoms with E-state index in [1.54, 1.807) is 0 Å². The van der Waals surface area contributed by atoms with E-state index in [9.17, 15) is 0 Å². The highest BCUT2D eigenvalue weighted by Crippen LogP contribution is 2.39. The summed E-state index contributed by atoms with van der Waals surface area (Å²) in [4.78, 5) is 0. The molecule has 0 aliphatic heterocycles. The normalized spacial score (nSPS) is 17.9. The van der Waals surface area contributed by atoms with E-state index in [4.69, 9.17) is 11.6 Å². The van der Waals surface area contributed by atoms with E-state index in [-0.39, 0.29) is 5.41 Å². The Labute approximate surface area is 109 Å². The molecule has 17 heavy (non-hydrogen) atoms. The maximum atomic E-state index is 6.35. The van der Waals surface area contributed by atoms with Crippen LogP contribution in [0, 0.1) is 0 Å². The van der Waals surface area contributed by atoms with E-state index in [2.05, 4.69) is 43.4 Å². The van der Waals surface area contributed by atoms with Gasteiger partial charge < -0.3 is 5.32 Å². The molecule has 2 heteroatoms. The number of hydrogen-bond donors (Lipinski definition) is 1. The van der Waals surface area contributed by atoms with Gasteiger partial charge in [-0.1, -0.05) is 55.8 Å². The molecule has 0 heterocycles. The molecule has 1 nitrogen and oxygen atoms in total. The molecular weight excluding hydrogens is 230 g/mol. The summed E-state index contributed by atoms with van der Waals surface area (Å²) in [6, 6.07) is 8.74. The molecule has 92 valence electrons. The Morgan fingerprint density at radius 1 is 1.24 bits per heavy atom. The fraction of sp³-hybridized carbons (Fsp3) is 0.467. The zero-order valence-corrected chi connectivity index (χ0v) is 11.3. The maximum absolute atomic E-state index is 6.35. The molecule has 0 saturated carbocycles. The zero-order valence-electron chi connectivity index (χ0n) is 10.5. The molecule has 2 rings (SSSR count). The van der Waals surface area contributed by atoms with Crippen molar-refractivity contribution in [2.24, 2.45) is 0 Å². The predicted octanol–water partition coefficient (Wildman–Crippen LogP) is 3.93. The second kappa shape index (κ2) is 5.24. The fourth-order valence-corrected chi connectivity index (χ4v) is 2.79. The van der Waals surface area contributed by atoms with Gasteiger partial charge >= 0.3 is 0 Å². The second-order valence-corrected chi connectivity index (χ2v) is 5.58. The number of benzene rings is 1. The summed E-state index contributed by atoms with van der Waals surface area (Å²) in [6.45, 7) is 5.35. The van der Waals surface area contributed by atoms with Gasteiger partial charge in [0.25, 0.3) is 0 Å². The highest BCUT2D eigenvalue weighted by atomic mass is 35.5. The average Bonchev–Trinajstić information content (AvgIpc) is 2.77. The molecule has 1 aliphatic carbocycles. The van der Waals surface area contributed by atoms with E-state index < -0.39 is 0 Å². The van der Waals surface area contributed by atoms with Crippen LogP contribution in [0.1, 0.15) is 32.3 Å². The minimum absolute atomic E-state index is 0.155. The highest BCUT2D eigenvalue weighted by molar-refractivity contribution is 6.31. The van der Waals surface area contributed by atoms with Crippen molar-refractivity contribution < 1.29 is 0 Å². The molecule has 1 aromatic rings. The number of allylic oxidation sites excluding steroid dienone is 2. The SMILES string of the molecule is CC(C)NCC1(c2ccccc2Cl)CC=CC1. The van der Waals surface area contributed by atoms with Gasteiger partial charge in [0.1, 0.15) is 0 Å². The third-order valence-corrected chi connectivity index (χ3v) is 3.81. The van der Waals surface area contributed by atoms with Crippen molar-refractivity contribution in [3.63, 3.8) is 0 Å². The van der Waals surface area contributed by atoms with E-state index in [0.29, 0.717) is 6.04 Å². The summed E-state index contributed by atoms with van der Waals surface area (Å²) >= 11 is 6.35. The minimum atomic E-state index is 0.155. The number of halogens is 1. The first-order valence-corrected chi connectivity index (χ1v) is 6.65. The summed E-state index contributed by atoms with van der Waals surface area (Å²) < 4.78 is 0. The van der Waals surface area contributed by atoms with Gasteiger partial charge in [-0.25, -0.2) is 0 Å².